The number of amides is 3. The maximum Gasteiger partial charge on any atom is 0.408 e. The minimum Gasteiger partial charge on any atom is -0.444 e. The molecule has 0 saturated carbocycles. The molecule has 3 unspecified atom stereocenters. The van der Waals surface area contributed by atoms with Gasteiger partial charge in [-0.25, -0.2) is 4.79 Å². The quantitative estimate of drug-likeness (QED) is 0.472. The predicted octanol–water partition coefficient (Wildman–Crippen LogP) is 4.31. The molecular formula is C26H39N3O4. The average Bonchev–Trinajstić information content (AvgIpc) is 2.67. The second-order valence-corrected chi connectivity index (χ2v) is 10.4. The Balaban J connectivity index is 3.41. The third-order valence-electron chi connectivity index (χ3n) is 4.93. The Morgan fingerprint density at radius 3 is 2.06 bits per heavy atom. The zero-order valence-electron chi connectivity index (χ0n) is 21.4. The van der Waals surface area contributed by atoms with Gasteiger partial charge in [-0.2, -0.15) is 0 Å². The van der Waals surface area contributed by atoms with Crippen LogP contribution in [0, 0.1) is 25.3 Å². The molecule has 0 aliphatic heterocycles. The highest BCUT2D eigenvalue weighted by molar-refractivity contribution is 5.93. The molecule has 0 radical (unpaired) electrons. The Bertz CT molecular complexity index is 873. The van der Waals surface area contributed by atoms with E-state index >= 15 is 0 Å². The van der Waals surface area contributed by atoms with Crippen LogP contribution in [-0.4, -0.2) is 40.0 Å². The standard InChI is InChI=1S/C26H39N3O4/c1-11-18(4)20(27-24(32)33-26(8,9)10)23(31)29(12-2)21(22(30)28-25(5,6)7)19-15-13-17(3)14-16-19/h2,13-16,18,20-21H,11H2,1,3-10H3,(H,27,32)(H,28,30). The van der Waals surface area contributed by atoms with Crippen molar-refractivity contribution in [3.05, 3.63) is 35.4 Å². The smallest absolute Gasteiger partial charge is 0.408 e. The molecule has 1 rings (SSSR count). The summed E-state index contributed by atoms with van der Waals surface area (Å²) in [5.41, 5.74) is 0.328. The highest BCUT2D eigenvalue weighted by atomic mass is 16.6. The van der Waals surface area contributed by atoms with Crippen molar-refractivity contribution < 1.29 is 19.1 Å². The zero-order valence-corrected chi connectivity index (χ0v) is 21.4. The number of terminal acetylenes is 1. The molecule has 7 heteroatoms. The molecule has 7 nitrogen and oxygen atoms in total. The lowest BCUT2D eigenvalue weighted by Crippen LogP contribution is -2.55. The van der Waals surface area contributed by atoms with Crippen molar-refractivity contribution in [2.45, 2.75) is 92.0 Å². The first kappa shape index (κ1) is 28.0. The fraction of sp³-hybridized carbons (Fsp3) is 0.577. The second kappa shape index (κ2) is 11.2. The summed E-state index contributed by atoms with van der Waals surface area (Å²) in [4.78, 5) is 40.5. The van der Waals surface area contributed by atoms with E-state index in [9.17, 15) is 14.4 Å². The Morgan fingerprint density at radius 2 is 1.64 bits per heavy atom. The van der Waals surface area contributed by atoms with Crippen molar-refractivity contribution in [2.75, 3.05) is 0 Å². The number of nitrogens with zero attached hydrogens (tertiary/aromatic N) is 1. The zero-order chi connectivity index (χ0) is 25.6. The highest BCUT2D eigenvalue weighted by Crippen LogP contribution is 2.25. The van der Waals surface area contributed by atoms with Crippen LogP contribution >= 0.6 is 0 Å². The molecule has 0 bridgehead atoms. The number of carbonyl (C=O) groups is 3. The van der Waals surface area contributed by atoms with E-state index in [1.807, 2.05) is 53.7 Å². The lowest BCUT2D eigenvalue weighted by Gasteiger charge is -2.34. The van der Waals surface area contributed by atoms with Crippen LogP contribution in [0.2, 0.25) is 0 Å². The minimum atomic E-state index is -1.06. The molecule has 2 N–H and O–H groups in total. The monoisotopic (exact) mass is 457 g/mol. The largest absolute Gasteiger partial charge is 0.444 e. The Hall–Kier alpha value is -3.01. The van der Waals surface area contributed by atoms with Crippen molar-refractivity contribution in [3.8, 4) is 12.5 Å². The first-order valence-corrected chi connectivity index (χ1v) is 11.3. The fourth-order valence-electron chi connectivity index (χ4n) is 3.14. The summed E-state index contributed by atoms with van der Waals surface area (Å²) in [6.07, 6.45) is 5.67. The third-order valence-corrected chi connectivity index (χ3v) is 4.93. The molecule has 0 aliphatic carbocycles. The lowest BCUT2D eigenvalue weighted by atomic mass is 9.95. The molecule has 3 amide bonds. The van der Waals surface area contributed by atoms with Crippen LogP contribution < -0.4 is 10.6 Å². The van der Waals surface area contributed by atoms with Crippen molar-refractivity contribution in [1.29, 1.82) is 0 Å². The number of hydrogen-bond donors (Lipinski definition) is 2. The molecule has 0 saturated heterocycles. The highest BCUT2D eigenvalue weighted by Gasteiger charge is 2.38. The summed E-state index contributed by atoms with van der Waals surface area (Å²) in [7, 11) is 0. The van der Waals surface area contributed by atoms with E-state index in [2.05, 4.69) is 16.7 Å². The maximum absolute atomic E-state index is 13.7. The average molecular weight is 458 g/mol. The molecule has 0 aliphatic rings. The van der Waals surface area contributed by atoms with E-state index < -0.39 is 41.1 Å². The topological polar surface area (TPSA) is 87.7 Å². The molecule has 0 aromatic heterocycles. The van der Waals surface area contributed by atoms with Gasteiger partial charge in [-0.1, -0.05) is 56.5 Å². The Morgan fingerprint density at radius 1 is 1.09 bits per heavy atom. The van der Waals surface area contributed by atoms with Gasteiger partial charge in [0.1, 0.15) is 17.7 Å². The summed E-state index contributed by atoms with van der Waals surface area (Å²) < 4.78 is 5.35. The van der Waals surface area contributed by atoms with Crippen LogP contribution in [0.4, 0.5) is 4.79 Å². The molecule has 0 fully saturated rings. The second-order valence-electron chi connectivity index (χ2n) is 10.4. The number of carbonyl (C=O) groups excluding carboxylic acids is 3. The first-order valence-electron chi connectivity index (χ1n) is 11.3. The summed E-state index contributed by atoms with van der Waals surface area (Å²) >= 11 is 0. The van der Waals surface area contributed by atoms with E-state index in [0.717, 1.165) is 10.5 Å². The maximum atomic E-state index is 13.7. The number of ether oxygens (including phenoxy) is 1. The van der Waals surface area contributed by atoms with Gasteiger partial charge in [-0.3, -0.25) is 14.5 Å². The molecule has 3 atom stereocenters. The molecule has 33 heavy (non-hydrogen) atoms. The number of aryl methyl sites for hydroxylation is 1. The van der Waals surface area contributed by atoms with Crippen molar-refractivity contribution in [2.24, 2.45) is 5.92 Å². The first-order chi connectivity index (χ1) is 15.1. The van der Waals surface area contributed by atoms with Gasteiger partial charge in [0, 0.05) is 11.6 Å². The fourth-order valence-corrected chi connectivity index (χ4v) is 3.14. The van der Waals surface area contributed by atoms with Gasteiger partial charge in [-0.05, 0) is 59.9 Å². The molecule has 1 aromatic rings. The molecule has 182 valence electrons. The molecule has 0 heterocycles. The van der Waals surface area contributed by atoms with Gasteiger partial charge >= 0.3 is 6.09 Å². The summed E-state index contributed by atoms with van der Waals surface area (Å²) in [6, 6.07) is 7.64. The van der Waals surface area contributed by atoms with Crippen molar-refractivity contribution >= 4 is 17.9 Å². The third kappa shape index (κ3) is 8.80. The summed E-state index contributed by atoms with van der Waals surface area (Å²) in [5.74, 6) is -1.20. The number of alkyl carbamates (subject to hydrolysis) is 1. The van der Waals surface area contributed by atoms with Crippen molar-refractivity contribution in [3.63, 3.8) is 0 Å². The van der Waals surface area contributed by atoms with Gasteiger partial charge in [0.2, 0.25) is 5.91 Å². The van der Waals surface area contributed by atoms with Crippen LogP contribution in [0.5, 0.6) is 0 Å². The number of benzene rings is 1. The van der Waals surface area contributed by atoms with Crippen LogP contribution in [0.25, 0.3) is 0 Å². The van der Waals surface area contributed by atoms with Gasteiger partial charge in [-0.15, -0.1) is 0 Å². The van der Waals surface area contributed by atoms with Crippen LogP contribution in [0.3, 0.4) is 0 Å². The number of hydrogen-bond acceptors (Lipinski definition) is 4. The van der Waals surface area contributed by atoms with Gasteiger partial charge in [0.25, 0.3) is 5.91 Å². The van der Waals surface area contributed by atoms with Crippen LogP contribution in [0.1, 0.15) is 79.0 Å². The number of rotatable bonds is 7. The van der Waals surface area contributed by atoms with Crippen LogP contribution in [0.15, 0.2) is 24.3 Å². The summed E-state index contributed by atoms with van der Waals surface area (Å²) in [5, 5.41) is 5.58. The van der Waals surface area contributed by atoms with E-state index in [1.165, 1.54) is 0 Å². The van der Waals surface area contributed by atoms with Gasteiger partial charge in [0.05, 0.1) is 0 Å². The van der Waals surface area contributed by atoms with Crippen molar-refractivity contribution in [1.82, 2.24) is 15.5 Å². The molecule has 1 aromatic carbocycles. The van der Waals surface area contributed by atoms with E-state index in [0.29, 0.717) is 12.0 Å². The SMILES string of the molecule is C#CN(C(=O)C(NC(=O)OC(C)(C)C)C(C)CC)C(C(=O)NC(C)(C)C)c1ccc(C)cc1. The van der Waals surface area contributed by atoms with E-state index in [-0.39, 0.29) is 5.92 Å². The Kier molecular flexibility index (Phi) is 9.53. The molecular weight excluding hydrogens is 418 g/mol. The van der Waals surface area contributed by atoms with Crippen LogP contribution in [-0.2, 0) is 14.3 Å². The predicted molar refractivity (Wildman–Crippen MR) is 130 cm³/mol. The van der Waals surface area contributed by atoms with E-state index in [4.69, 9.17) is 11.2 Å². The van der Waals surface area contributed by atoms with Gasteiger partial charge < -0.3 is 15.4 Å². The Labute approximate surface area is 198 Å². The summed E-state index contributed by atoms with van der Waals surface area (Å²) in [6.45, 7) is 16.5. The van der Waals surface area contributed by atoms with E-state index in [1.54, 1.807) is 32.9 Å². The normalized spacial score (nSPS) is 14.3. The van der Waals surface area contributed by atoms with Gasteiger partial charge in [0.15, 0.2) is 0 Å². The number of nitrogens with one attached hydrogen (secondary N) is 2. The minimum absolute atomic E-state index is 0.245. The lowest BCUT2D eigenvalue weighted by molar-refractivity contribution is -0.140. The molecule has 0 spiro atoms.